The van der Waals surface area contributed by atoms with Crippen molar-refractivity contribution in [3.05, 3.63) is 29.8 Å². The molecule has 1 aromatic carbocycles. The summed E-state index contributed by atoms with van der Waals surface area (Å²) in [5, 5.41) is 0. The normalized spacial score (nSPS) is 24.2. The van der Waals surface area contributed by atoms with Crippen LogP contribution in [0.2, 0.25) is 0 Å². The Morgan fingerprint density at radius 3 is 2.54 bits per heavy atom. The summed E-state index contributed by atoms with van der Waals surface area (Å²) >= 11 is 0. The standard InChI is InChI=1S/C20H26N2O2/c23-19(16-10-11-16)21-12-5-8-17(14-21)20(24)22-13-4-3-7-15-6-1-2-9-18(15)22/h1-2,6,9,16-17H,3-5,7-8,10-14H2/t17-/m0/s1. The molecule has 128 valence electrons. The Bertz CT molecular complexity index is 638. The van der Waals surface area contributed by atoms with Gasteiger partial charge in [0.05, 0.1) is 5.92 Å². The highest BCUT2D eigenvalue weighted by Crippen LogP contribution is 2.34. The molecule has 3 aliphatic rings. The van der Waals surface area contributed by atoms with E-state index in [9.17, 15) is 9.59 Å². The fourth-order valence-corrected chi connectivity index (χ4v) is 4.11. The zero-order valence-corrected chi connectivity index (χ0v) is 14.2. The second kappa shape index (κ2) is 6.58. The molecular weight excluding hydrogens is 300 g/mol. The van der Waals surface area contributed by atoms with Gasteiger partial charge in [-0.25, -0.2) is 0 Å². The van der Waals surface area contributed by atoms with E-state index < -0.39 is 0 Å². The summed E-state index contributed by atoms with van der Waals surface area (Å²) < 4.78 is 0. The molecule has 1 aromatic rings. The maximum atomic E-state index is 13.2. The lowest BCUT2D eigenvalue weighted by molar-refractivity contribution is -0.136. The molecule has 1 aliphatic carbocycles. The van der Waals surface area contributed by atoms with E-state index in [1.807, 2.05) is 15.9 Å². The van der Waals surface area contributed by atoms with Crippen LogP contribution < -0.4 is 4.90 Å². The first-order valence-corrected chi connectivity index (χ1v) is 9.42. The molecule has 4 nitrogen and oxygen atoms in total. The van der Waals surface area contributed by atoms with Gasteiger partial charge in [-0.05, 0) is 56.6 Å². The number of benzene rings is 1. The molecule has 0 unspecified atom stereocenters. The molecule has 4 rings (SSSR count). The largest absolute Gasteiger partial charge is 0.342 e. The number of carbonyl (C=O) groups excluding carboxylic acids is 2. The molecule has 1 atom stereocenters. The van der Waals surface area contributed by atoms with E-state index in [-0.39, 0.29) is 23.7 Å². The van der Waals surface area contributed by atoms with E-state index in [1.165, 1.54) is 5.56 Å². The molecule has 0 N–H and O–H groups in total. The van der Waals surface area contributed by atoms with Gasteiger partial charge in [0.15, 0.2) is 0 Å². The Morgan fingerprint density at radius 1 is 0.875 bits per heavy atom. The first-order valence-electron chi connectivity index (χ1n) is 9.42. The van der Waals surface area contributed by atoms with Crippen LogP contribution in [-0.2, 0) is 16.0 Å². The van der Waals surface area contributed by atoms with Crippen molar-refractivity contribution in [2.75, 3.05) is 24.5 Å². The number of carbonyl (C=O) groups is 2. The van der Waals surface area contributed by atoms with E-state index in [0.29, 0.717) is 6.54 Å². The Morgan fingerprint density at radius 2 is 1.71 bits per heavy atom. The molecule has 1 saturated carbocycles. The fourth-order valence-electron chi connectivity index (χ4n) is 4.11. The van der Waals surface area contributed by atoms with Gasteiger partial charge in [0, 0.05) is 31.2 Å². The van der Waals surface area contributed by atoms with E-state index >= 15 is 0 Å². The van der Waals surface area contributed by atoms with Crippen molar-refractivity contribution in [2.45, 2.75) is 44.9 Å². The van der Waals surface area contributed by atoms with Crippen LogP contribution in [0.25, 0.3) is 0 Å². The number of hydrogen-bond donors (Lipinski definition) is 0. The molecule has 2 amide bonds. The Kier molecular flexibility index (Phi) is 4.30. The van der Waals surface area contributed by atoms with Crippen molar-refractivity contribution in [1.82, 2.24) is 4.90 Å². The minimum absolute atomic E-state index is 0.0346. The minimum Gasteiger partial charge on any atom is -0.342 e. The van der Waals surface area contributed by atoms with Crippen LogP contribution in [-0.4, -0.2) is 36.3 Å². The molecule has 0 bridgehead atoms. The van der Waals surface area contributed by atoms with Crippen molar-refractivity contribution in [1.29, 1.82) is 0 Å². The van der Waals surface area contributed by atoms with Gasteiger partial charge in [-0.3, -0.25) is 9.59 Å². The van der Waals surface area contributed by atoms with Crippen LogP contribution in [0.15, 0.2) is 24.3 Å². The zero-order valence-electron chi connectivity index (χ0n) is 14.2. The van der Waals surface area contributed by atoms with Gasteiger partial charge in [-0.2, -0.15) is 0 Å². The third-order valence-corrected chi connectivity index (χ3v) is 5.64. The second-order valence-corrected chi connectivity index (χ2v) is 7.47. The smallest absolute Gasteiger partial charge is 0.231 e. The maximum Gasteiger partial charge on any atom is 0.231 e. The molecule has 2 fully saturated rings. The highest BCUT2D eigenvalue weighted by molar-refractivity contribution is 5.96. The lowest BCUT2D eigenvalue weighted by Crippen LogP contribution is -2.47. The Hall–Kier alpha value is -1.84. The molecule has 24 heavy (non-hydrogen) atoms. The summed E-state index contributed by atoms with van der Waals surface area (Å²) in [5.41, 5.74) is 2.37. The molecule has 1 saturated heterocycles. The van der Waals surface area contributed by atoms with Crippen LogP contribution >= 0.6 is 0 Å². The van der Waals surface area contributed by atoms with Gasteiger partial charge in [0.1, 0.15) is 0 Å². The quantitative estimate of drug-likeness (QED) is 0.838. The lowest BCUT2D eigenvalue weighted by atomic mass is 9.95. The third kappa shape index (κ3) is 3.06. The van der Waals surface area contributed by atoms with E-state index in [2.05, 4.69) is 18.2 Å². The number of nitrogens with zero attached hydrogens (tertiary/aromatic N) is 2. The number of anilines is 1. The first kappa shape index (κ1) is 15.7. The molecular formula is C20H26N2O2. The van der Waals surface area contributed by atoms with Crippen LogP contribution in [0, 0.1) is 11.8 Å². The average molecular weight is 326 g/mol. The van der Waals surface area contributed by atoms with Crippen LogP contribution in [0.3, 0.4) is 0 Å². The first-order chi connectivity index (χ1) is 11.7. The highest BCUT2D eigenvalue weighted by atomic mass is 16.2. The van der Waals surface area contributed by atoms with Gasteiger partial charge in [-0.1, -0.05) is 18.2 Å². The predicted molar refractivity (Wildman–Crippen MR) is 93.8 cm³/mol. The number of para-hydroxylation sites is 1. The summed E-state index contributed by atoms with van der Waals surface area (Å²) in [6.07, 6.45) is 7.17. The second-order valence-electron chi connectivity index (χ2n) is 7.47. The van der Waals surface area contributed by atoms with E-state index in [0.717, 1.165) is 63.7 Å². The lowest BCUT2D eigenvalue weighted by Gasteiger charge is -2.35. The number of rotatable bonds is 2. The number of aryl methyl sites for hydroxylation is 1. The van der Waals surface area contributed by atoms with Crippen molar-refractivity contribution in [2.24, 2.45) is 11.8 Å². The van der Waals surface area contributed by atoms with Gasteiger partial charge in [-0.15, -0.1) is 0 Å². The number of fused-ring (bicyclic) bond motifs is 1. The number of hydrogen-bond acceptors (Lipinski definition) is 2. The summed E-state index contributed by atoms with van der Waals surface area (Å²) in [5.74, 6) is 0.715. The van der Waals surface area contributed by atoms with Gasteiger partial charge < -0.3 is 9.80 Å². The topological polar surface area (TPSA) is 40.6 Å². The summed E-state index contributed by atoms with van der Waals surface area (Å²) in [7, 11) is 0. The van der Waals surface area contributed by atoms with Crippen LogP contribution in [0.5, 0.6) is 0 Å². The Labute approximate surface area is 143 Å². The molecule has 0 spiro atoms. The summed E-state index contributed by atoms with van der Waals surface area (Å²) in [4.78, 5) is 29.5. The summed E-state index contributed by atoms with van der Waals surface area (Å²) in [6.45, 7) is 2.26. The molecule has 2 aliphatic heterocycles. The van der Waals surface area contributed by atoms with Crippen molar-refractivity contribution >= 4 is 17.5 Å². The van der Waals surface area contributed by atoms with Crippen molar-refractivity contribution in [3.8, 4) is 0 Å². The van der Waals surface area contributed by atoms with Crippen LogP contribution in [0.4, 0.5) is 5.69 Å². The third-order valence-electron chi connectivity index (χ3n) is 5.64. The minimum atomic E-state index is -0.0346. The fraction of sp³-hybridized carbons (Fsp3) is 0.600. The van der Waals surface area contributed by atoms with E-state index in [4.69, 9.17) is 0 Å². The van der Waals surface area contributed by atoms with Gasteiger partial charge in [0.25, 0.3) is 0 Å². The Balaban J connectivity index is 1.51. The van der Waals surface area contributed by atoms with E-state index in [1.54, 1.807) is 0 Å². The SMILES string of the molecule is O=C(C1CC1)N1CCC[C@H](C(=O)N2CCCCc3ccccc32)C1. The summed E-state index contributed by atoms with van der Waals surface area (Å²) in [6, 6.07) is 8.30. The molecule has 0 aromatic heterocycles. The van der Waals surface area contributed by atoms with Crippen LogP contribution in [0.1, 0.15) is 44.1 Å². The number of amides is 2. The van der Waals surface area contributed by atoms with Crippen molar-refractivity contribution < 1.29 is 9.59 Å². The number of piperidine rings is 1. The average Bonchev–Trinajstić information content (AvgIpc) is 3.47. The van der Waals surface area contributed by atoms with Crippen molar-refractivity contribution in [3.63, 3.8) is 0 Å². The van der Waals surface area contributed by atoms with Gasteiger partial charge >= 0.3 is 0 Å². The monoisotopic (exact) mass is 326 g/mol. The van der Waals surface area contributed by atoms with Gasteiger partial charge in [0.2, 0.25) is 11.8 Å². The number of likely N-dealkylation sites (tertiary alicyclic amines) is 1. The molecule has 0 radical (unpaired) electrons. The zero-order chi connectivity index (χ0) is 16.5. The molecule has 4 heteroatoms. The maximum absolute atomic E-state index is 13.2. The predicted octanol–water partition coefficient (Wildman–Crippen LogP) is 3.00. The highest BCUT2D eigenvalue weighted by Gasteiger charge is 2.38. The molecule has 2 heterocycles.